The lowest BCUT2D eigenvalue weighted by Crippen LogP contribution is -2.25. The Morgan fingerprint density at radius 2 is 1.88 bits per heavy atom. The average Bonchev–Trinajstić information content (AvgIpc) is 3.15. The van der Waals surface area contributed by atoms with Gasteiger partial charge in [-0.3, -0.25) is 0 Å². The molecule has 0 radical (unpaired) electrons. The van der Waals surface area contributed by atoms with E-state index in [1.54, 1.807) is 12.3 Å². The summed E-state index contributed by atoms with van der Waals surface area (Å²) in [6.45, 7) is 1.95. The van der Waals surface area contributed by atoms with E-state index in [1.165, 1.54) is 24.3 Å². The fourth-order valence-electron chi connectivity index (χ4n) is 2.51. The van der Waals surface area contributed by atoms with Crippen molar-refractivity contribution in [3.05, 3.63) is 47.8 Å². The molecule has 1 aromatic heterocycles. The number of rotatable bonds is 5. The first-order valence-corrected chi connectivity index (χ1v) is 9.13. The molecule has 124 valence electrons. The average molecular weight is 343 g/mol. The lowest BCUT2D eigenvalue weighted by atomic mass is 10.2. The first-order chi connectivity index (χ1) is 11.6. The molecule has 0 unspecified atom stereocenters. The molecule has 1 N–H and O–H groups in total. The molecule has 24 heavy (non-hydrogen) atoms. The molecule has 0 saturated carbocycles. The second-order valence-electron chi connectivity index (χ2n) is 5.50. The molecule has 0 bridgehead atoms. The molecular weight excluding hydrogens is 326 g/mol. The van der Waals surface area contributed by atoms with Gasteiger partial charge < -0.3 is 4.90 Å². The smallest absolute Gasteiger partial charge is 0.240 e. The molecule has 2 aromatic rings. The van der Waals surface area contributed by atoms with Crippen LogP contribution in [0, 0.1) is 11.3 Å². The molecule has 3 rings (SSSR count). The highest BCUT2D eigenvalue weighted by Crippen LogP contribution is 2.16. The number of hydrogen-bond donors (Lipinski definition) is 1. The van der Waals surface area contributed by atoms with E-state index >= 15 is 0 Å². The van der Waals surface area contributed by atoms with Crippen molar-refractivity contribution in [3.63, 3.8) is 0 Å². The normalized spacial score (nSPS) is 14.5. The van der Waals surface area contributed by atoms with Gasteiger partial charge in [-0.2, -0.15) is 5.26 Å². The number of hydrogen-bond acceptors (Lipinski definition) is 6. The number of nitrogens with zero attached hydrogens (tertiary/aromatic N) is 4. The molecule has 0 amide bonds. The number of nitriles is 1. The molecule has 0 atom stereocenters. The van der Waals surface area contributed by atoms with Gasteiger partial charge in [0.2, 0.25) is 16.0 Å². The maximum absolute atomic E-state index is 12.3. The van der Waals surface area contributed by atoms with E-state index in [0.29, 0.717) is 17.2 Å². The van der Waals surface area contributed by atoms with Crippen molar-refractivity contribution in [1.29, 1.82) is 5.26 Å². The molecule has 1 saturated heterocycles. The van der Waals surface area contributed by atoms with Gasteiger partial charge in [0, 0.05) is 19.3 Å². The standard InChI is InChI=1S/C16H17N5O2S/c17-11-13-3-5-15(6-4-13)24(22,23)19-12-14-7-8-18-16(20-14)21-9-1-2-10-21/h3-8,19H,1-2,9-10,12H2. The lowest BCUT2D eigenvalue weighted by molar-refractivity contribution is 0.580. The summed E-state index contributed by atoms with van der Waals surface area (Å²) in [5.74, 6) is 0.641. The van der Waals surface area contributed by atoms with E-state index in [1.807, 2.05) is 6.07 Å². The predicted molar refractivity (Wildman–Crippen MR) is 88.7 cm³/mol. The van der Waals surface area contributed by atoms with E-state index in [2.05, 4.69) is 19.6 Å². The fourth-order valence-corrected chi connectivity index (χ4v) is 3.51. The van der Waals surface area contributed by atoms with Crippen LogP contribution in [-0.4, -0.2) is 31.5 Å². The van der Waals surface area contributed by atoms with E-state index < -0.39 is 10.0 Å². The summed E-state index contributed by atoms with van der Waals surface area (Å²) in [6, 6.07) is 9.44. The van der Waals surface area contributed by atoms with Crippen molar-refractivity contribution in [2.24, 2.45) is 0 Å². The molecule has 8 heteroatoms. The van der Waals surface area contributed by atoms with Gasteiger partial charge in [-0.05, 0) is 43.2 Å². The number of anilines is 1. The largest absolute Gasteiger partial charge is 0.341 e. The van der Waals surface area contributed by atoms with Crippen LogP contribution in [0.1, 0.15) is 24.1 Å². The zero-order chi connectivity index (χ0) is 17.0. The Hall–Kier alpha value is -2.50. The summed E-state index contributed by atoms with van der Waals surface area (Å²) in [4.78, 5) is 10.9. The third kappa shape index (κ3) is 3.69. The fraction of sp³-hybridized carbons (Fsp3) is 0.312. The Bertz CT molecular complexity index is 853. The van der Waals surface area contributed by atoms with Crippen molar-refractivity contribution >= 4 is 16.0 Å². The number of benzene rings is 1. The summed E-state index contributed by atoms with van der Waals surface area (Å²) >= 11 is 0. The molecule has 0 spiro atoms. The Morgan fingerprint density at radius 1 is 1.17 bits per heavy atom. The topological polar surface area (TPSA) is 99.0 Å². The van der Waals surface area contributed by atoms with E-state index in [4.69, 9.17) is 5.26 Å². The minimum Gasteiger partial charge on any atom is -0.341 e. The molecule has 1 aliphatic rings. The quantitative estimate of drug-likeness (QED) is 0.881. The summed E-state index contributed by atoms with van der Waals surface area (Å²) in [7, 11) is -3.65. The van der Waals surface area contributed by atoms with Crippen LogP contribution >= 0.6 is 0 Å². The van der Waals surface area contributed by atoms with Gasteiger partial charge in [-0.1, -0.05) is 0 Å². The van der Waals surface area contributed by atoms with Gasteiger partial charge in [0.05, 0.1) is 28.8 Å². The molecule has 7 nitrogen and oxygen atoms in total. The Labute approximate surface area is 141 Å². The van der Waals surface area contributed by atoms with Gasteiger partial charge in [0.25, 0.3) is 0 Å². The second-order valence-corrected chi connectivity index (χ2v) is 7.27. The van der Waals surface area contributed by atoms with Gasteiger partial charge in [0.1, 0.15) is 0 Å². The second kappa shape index (κ2) is 6.95. The lowest BCUT2D eigenvalue weighted by Gasteiger charge is -2.15. The van der Waals surface area contributed by atoms with Crippen LogP contribution in [-0.2, 0) is 16.6 Å². The van der Waals surface area contributed by atoms with Crippen molar-refractivity contribution in [3.8, 4) is 6.07 Å². The zero-order valence-electron chi connectivity index (χ0n) is 13.0. The van der Waals surface area contributed by atoms with Crippen LogP contribution in [0.2, 0.25) is 0 Å². The van der Waals surface area contributed by atoms with Gasteiger partial charge >= 0.3 is 0 Å². The van der Waals surface area contributed by atoms with Crippen LogP contribution in [0.15, 0.2) is 41.4 Å². The van der Waals surface area contributed by atoms with E-state index in [0.717, 1.165) is 25.9 Å². The molecule has 2 heterocycles. The number of nitrogens with one attached hydrogen (secondary N) is 1. The third-order valence-corrected chi connectivity index (χ3v) is 5.24. The van der Waals surface area contributed by atoms with Crippen LogP contribution in [0.25, 0.3) is 0 Å². The van der Waals surface area contributed by atoms with Crippen LogP contribution in [0.3, 0.4) is 0 Å². The third-order valence-electron chi connectivity index (χ3n) is 3.83. The van der Waals surface area contributed by atoms with Gasteiger partial charge in [0.15, 0.2) is 0 Å². The molecular formula is C16H17N5O2S. The van der Waals surface area contributed by atoms with Crippen molar-refractivity contribution in [2.45, 2.75) is 24.3 Å². The summed E-state index contributed by atoms with van der Waals surface area (Å²) in [6.07, 6.45) is 3.89. The van der Waals surface area contributed by atoms with Crippen LogP contribution in [0.5, 0.6) is 0 Å². The van der Waals surface area contributed by atoms with Crippen molar-refractivity contribution in [2.75, 3.05) is 18.0 Å². The maximum Gasteiger partial charge on any atom is 0.240 e. The molecule has 1 fully saturated rings. The predicted octanol–water partition coefficient (Wildman–Crippen LogP) is 1.43. The minimum atomic E-state index is -3.65. The Kier molecular flexibility index (Phi) is 4.74. The monoisotopic (exact) mass is 343 g/mol. The number of sulfonamides is 1. The summed E-state index contributed by atoms with van der Waals surface area (Å²) in [5.41, 5.74) is 1.03. The Morgan fingerprint density at radius 3 is 2.54 bits per heavy atom. The first-order valence-electron chi connectivity index (χ1n) is 7.65. The molecule has 1 aliphatic heterocycles. The van der Waals surface area contributed by atoms with Gasteiger partial charge in [-0.25, -0.2) is 23.1 Å². The minimum absolute atomic E-state index is 0.0890. The van der Waals surface area contributed by atoms with E-state index in [9.17, 15) is 8.42 Å². The molecule has 1 aromatic carbocycles. The Balaban J connectivity index is 1.70. The summed E-state index contributed by atoms with van der Waals surface area (Å²) < 4.78 is 27.1. The highest BCUT2D eigenvalue weighted by Gasteiger charge is 2.17. The van der Waals surface area contributed by atoms with E-state index in [-0.39, 0.29) is 11.4 Å². The van der Waals surface area contributed by atoms with Crippen LogP contribution in [0.4, 0.5) is 5.95 Å². The number of aromatic nitrogens is 2. The highest BCUT2D eigenvalue weighted by atomic mass is 32.2. The first kappa shape index (κ1) is 16.4. The van der Waals surface area contributed by atoms with Gasteiger partial charge in [-0.15, -0.1) is 0 Å². The zero-order valence-corrected chi connectivity index (χ0v) is 13.8. The highest BCUT2D eigenvalue weighted by molar-refractivity contribution is 7.89. The SMILES string of the molecule is N#Cc1ccc(S(=O)(=O)NCc2ccnc(N3CCCC3)n2)cc1. The van der Waals surface area contributed by atoms with Crippen molar-refractivity contribution in [1.82, 2.24) is 14.7 Å². The van der Waals surface area contributed by atoms with Crippen molar-refractivity contribution < 1.29 is 8.42 Å². The van der Waals surface area contributed by atoms with Crippen LogP contribution < -0.4 is 9.62 Å². The maximum atomic E-state index is 12.3. The summed E-state index contributed by atoms with van der Waals surface area (Å²) in [5, 5.41) is 8.77. The molecule has 0 aliphatic carbocycles.